The largest absolute Gasteiger partial charge is 0.505 e. The molecule has 2 aromatic heterocycles. The molecule has 1 aromatic carbocycles. The van der Waals surface area contributed by atoms with E-state index in [9.17, 15) is 9.50 Å². The lowest BCUT2D eigenvalue weighted by molar-refractivity contribution is 0.401. The highest BCUT2D eigenvalue weighted by atomic mass is 19.1. The molecule has 0 unspecified atom stereocenters. The van der Waals surface area contributed by atoms with Crippen LogP contribution in [0.4, 0.5) is 4.39 Å². The minimum absolute atomic E-state index is 0.376. The highest BCUT2D eigenvalue weighted by Crippen LogP contribution is 2.35. The molecule has 0 spiro atoms. The van der Waals surface area contributed by atoms with Crippen LogP contribution in [-0.4, -0.2) is 26.8 Å². The summed E-state index contributed by atoms with van der Waals surface area (Å²) in [5.41, 5.74) is 2.79. The van der Waals surface area contributed by atoms with Crippen LogP contribution in [0.15, 0.2) is 24.3 Å². The Morgan fingerprint density at radius 2 is 2.08 bits per heavy atom. The van der Waals surface area contributed by atoms with Gasteiger partial charge in [-0.3, -0.25) is 0 Å². The summed E-state index contributed by atoms with van der Waals surface area (Å²) in [6, 6.07) is 6.17. The molecule has 0 amide bonds. The minimum Gasteiger partial charge on any atom is -0.505 e. The Morgan fingerprint density at radius 1 is 1.29 bits per heavy atom. The summed E-state index contributed by atoms with van der Waals surface area (Å²) in [4.78, 5) is 9.12. The maximum absolute atomic E-state index is 13.7. The first-order valence-corrected chi connectivity index (χ1v) is 7.96. The average molecular weight is 327 g/mol. The van der Waals surface area contributed by atoms with Gasteiger partial charge in [0.1, 0.15) is 5.82 Å². The van der Waals surface area contributed by atoms with Crippen molar-refractivity contribution in [2.24, 2.45) is 13.0 Å². The Hall–Kier alpha value is -2.63. The summed E-state index contributed by atoms with van der Waals surface area (Å²) in [5.74, 6) is 1.08. The number of ether oxygens (including phenoxy) is 1. The van der Waals surface area contributed by atoms with E-state index in [1.54, 1.807) is 6.07 Å². The third kappa shape index (κ3) is 2.48. The number of aromatic nitrogens is 3. The molecule has 1 N–H and O–H groups in total. The lowest BCUT2D eigenvalue weighted by atomic mass is 10.1. The topological polar surface area (TPSA) is 60.2 Å². The summed E-state index contributed by atoms with van der Waals surface area (Å²) in [5, 5.41) is 9.39. The molecule has 2 heterocycles. The van der Waals surface area contributed by atoms with E-state index >= 15 is 0 Å². The number of hydrogen-bond donors (Lipinski definition) is 1. The van der Waals surface area contributed by atoms with E-state index in [0.717, 1.165) is 23.7 Å². The van der Waals surface area contributed by atoms with Gasteiger partial charge in [-0.1, -0.05) is 6.07 Å². The number of fused-ring (bicyclic) bond motifs is 1. The minimum atomic E-state index is -0.672. The van der Waals surface area contributed by atoms with Crippen molar-refractivity contribution in [3.63, 3.8) is 0 Å². The van der Waals surface area contributed by atoms with E-state index in [2.05, 4.69) is 9.97 Å². The third-order valence-electron chi connectivity index (χ3n) is 4.55. The molecule has 4 rings (SSSR count). The maximum atomic E-state index is 13.7. The number of rotatable bonds is 4. The second-order valence-electron chi connectivity index (χ2n) is 6.29. The van der Waals surface area contributed by atoms with Crippen LogP contribution in [0.25, 0.3) is 22.3 Å². The molecule has 1 aliphatic rings. The Balaban J connectivity index is 1.87. The van der Waals surface area contributed by atoms with Crippen molar-refractivity contribution >= 4 is 11.2 Å². The average Bonchev–Trinajstić information content (AvgIpc) is 3.34. The normalized spacial score (nSPS) is 14.3. The number of phenols is 1. The predicted octanol–water partition coefficient (Wildman–Crippen LogP) is 3.44. The van der Waals surface area contributed by atoms with Gasteiger partial charge in [-0.05, 0) is 42.5 Å². The zero-order chi connectivity index (χ0) is 16.8. The molecule has 1 fully saturated rings. The highest BCUT2D eigenvalue weighted by Gasteiger charge is 2.25. The molecule has 5 nitrogen and oxygen atoms in total. The Morgan fingerprint density at radius 3 is 2.75 bits per heavy atom. The van der Waals surface area contributed by atoms with Gasteiger partial charge >= 0.3 is 0 Å². The molecule has 0 aliphatic heterocycles. The van der Waals surface area contributed by atoms with Gasteiger partial charge in [0, 0.05) is 19.0 Å². The fourth-order valence-electron chi connectivity index (χ4n) is 2.94. The zero-order valence-corrected chi connectivity index (χ0v) is 13.6. The monoisotopic (exact) mass is 327 g/mol. The second kappa shape index (κ2) is 5.47. The van der Waals surface area contributed by atoms with Gasteiger partial charge in [0.05, 0.1) is 12.6 Å². The van der Waals surface area contributed by atoms with Gasteiger partial charge in [0.25, 0.3) is 0 Å². The first-order valence-electron chi connectivity index (χ1n) is 7.96. The molecule has 0 saturated heterocycles. The predicted molar refractivity (Wildman–Crippen MR) is 88.5 cm³/mol. The number of nitrogens with zero attached hydrogens (tertiary/aromatic N) is 3. The van der Waals surface area contributed by atoms with Gasteiger partial charge in [0.2, 0.25) is 5.88 Å². The van der Waals surface area contributed by atoms with Gasteiger partial charge < -0.3 is 14.4 Å². The van der Waals surface area contributed by atoms with Crippen LogP contribution in [0, 0.1) is 11.7 Å². The second-order valence-corrected chi connectivity index (χ2v) is 6.29. The van der Waals surface area contributed by atoms with Crippen LogP contribution in [0.5, 0.6) is 11.6 Å². The number of aromatic hydroxyl groups is 1. The van der Waals surface area contributed by atoms with Crippen molar-refractivity contribution in [1.29, 1.82) is 0 Å². The van der Waals surface area contributed by atoms with Crippen LogP contribution in [0.2, 0.25) is 0 Å². The molecule has 0 atom stereocenters. The highest BCUT2D eigenvalue weighted by molar-refractivity contribution is 5.82. The molecule has 1 saturated carbocycles. The number of phenolic OH excluding ortho intramolecular Hbond substituents is 1. The summed E-state index contributed by atoms with van der Waals surface area (Å²) in [6.07, 6.45) is 3.48. The quantitative estimate of drug-likeness (QED) is 0.797. The first kappa shape index (κ1) is 14.9. The van der Waals surface area contributed by atoms with Crippen molar-refractivity contribution in [3.05, 3.63) is 35.9 Å². The molecular formula is C18H18FN3O2. The van der Waals surface area contributed by atoms with Crippen molar-refractivity contribution in [2.45, 2.75) is 19.3 Å². The third-order valence-corrected chi connectivity index (χ3v) is 4.55. The molecule has 3 aromatic rings. The van der Waals surface area contributed by atoms with Crippen molar-refractivity contribution in [3.8, 4) is 22.8 Å². The Kier molecular flexibility index (Phi) is 3.40. The number of halogens is 1. The van der Waals surface area contributed by atoms with Crippen molar-refractivity contribution < 1.29 is 14.2 Å². The van der Waals surface area contributed by atoms with Gasteiger partial charge in [-0.25, -0.2) is 9.37 Å². The first-order chi connectivity index (χ1) is 11.6. The van der Waals surface area contributed by atoms with E-state index < -0.39 is 5.82 Å². The number of hydrogen-bond acceptors (Lipinski definition) is 4. The van der Waals surface area contributed by atoms with Gasteiger partial charge in [-0.2, -0.15) is 4.98 Å². The molecular weight excluding hydrogens is 309 g/mol. The number of benzene rings is 1. The lowest BCUT2D eigenvalue weighted by Gasteiger charge is -2.09. The zero-order valence-electron chi connectivity index (χ0n) is 13.6. The SMILES string of the molecule is COc1nc2nc(CC3CC3)n(C)c2cc1-c1ccc(O)c(F)c1. The smallest absolute Gasteiger partial charge is 0.223 e. The maximum Gasteiger partial charge on any atom is 0.223 e. The standard InChI is InChI=1S/C18H18FN3O2/c1-22-14-9-12(11-5-6-15(23)13(19)8-11)18(24-2)21-17(14)20-16(22)7-10-3-4-10/h5-6,8-10,23H,3-4,7H2,1-2H3. The molecule has 0 radical (unpaired) electrons. The Labute approximate surface area is 138 Å². The fraction of sp³-hybridized carbons (Fsp3) is 0.333. The van der Waals surface area contributed by atoms with E-state index in [1.807, 2.05) is 17.7 Å². The van der Waals surface area contributed by atoms with Crippen LogP contribution < -0.4 is 4.74 Å². The number of imidazole rings is 1. The molecule has 24 heavy (non-hydrogen) atoms. The fourth-order valence-corrected chi connectivity index (χ4v) is 2.94. The number of pyridine rings is 1. The number of methoxy groups -OCH3 is 1. The molecule has 6 heteroatoms. The van der Waals surface area contributed by atoms with Crippen LogP contribution in [-0.2, 0) is 13.5 Å². The van der Waals surface area contributed by atoms with Crippen LogP contribution in [0.3, 0.4) is 0 Å². The summed E-state index contributed by atoms with van der Waals surface area (Å²) in [6.45, 7) is 0. The van der Waals surface area contributed by atoms with E-state index in [0.29, 0.717) is 22.7 Å². The molecule has 0 bridgehead atoms. The lowest BCUT2D eigenvalue weighted by Crippen LogP contribution is -1.99. The van der Waals surface area contributed by atoms with Gasteiger partial charge in [0.15, 0.2) is 17.2 Å². The van der Waals surface area contributed by atoms with E-state index in [1.165, 1.54) is 32.1 Å². The van der Waals surface area contributed by atoms with E-state index in [-0.39, 0.29) is 5.75 Å². The summed E-state index contributed by atoms with van der Waals surface area (Å²) in [7, 11) is 3.50. The van der Waals surface area contributed by atoms with Crippen molar-refractivity contribution in [2.75, 3.05) is 7.11 Å². The summed E-state index contributed by atoms with van der Waals surface area (Å²) < 4.78 is 21.1. The number of aryl methyl sites for hydroxylation is 1. The Bertz CT molecular complexity index is 932. The summed E-state index contributed by atoms with van der Waals surface area (Å²) >= 11 is 0. The van der Waals surface area contributed by atoms with Crippen LogP contribution in [0.1, 0.15) is 18.7 Å². The van der Waals surface area contributed by atoms with Crippen LogP contribution >= 0.6 is 0 Å². The van der Waals surface area contributed by atoms with Gasteiger partial charge in [-0.15, -0.1) is 0 Å². The molecule has 1 aliphatic carbocycles. The van der Waals surface area contributed by atoms with E-state index in [4.69, 9.17) is 4.74 Å². The molecule has 124 valence electrons. The van der Waals surface area contributed by atoms with Crippen molar-refractivity contribution in [1.82, 2.24) is 14.5 Å².